The summed E-state index contributed by atoms with van der Waals surface area (Å²) in [5.41, 5.74) is 9.82. The van der Waals surface area contributed by atoms with E-state index in [0.717, 1.165) is 25.1 Å². The molecule has 2 atom stereocenters. The van der Waals surface area contributed by atoms with Crippen LogP contribution in [0.2, 0.25) is 0 Å². The van der Waals surface area contributed by atoms with Crippen molar-refractivity contribution in [2.24, 2.45) is 17.0 Å². The zero-order valence-electron chi connectivity index (χ0n) is 10.9. The maximum atomic E-state index is 11.4. The molecule has 1 aliphatic heterocycles. The molecule has 20 heavy (non-hydrogen) atoms. The number of hydrogen-bond acceptors (Lipinski definition) is 3. The molecule has 0 bridgehead atoms. The highest BCUT2D eigenvalue weighted by molar-refractivity contribution is 5.85. The van der Waals surface area contributed by atoms with E-state index < -0.39 is 11.9 Å². The molecule has 1 aromatic carbocycles. The highest BCUT2D eigenvalue weighted by Gasteiger charge is 2.30. The molecule has 0 unspecified atom stereocenters. The lowest BCUT2D eigenvalue weighted by molar-refractivity contribution is -0.143. The lowest BCUT2D eigenvalue weighted by atomic mass is 9.86. The number of aliphatic carboxylic acids is 1. The van der Waals surface area contributed by atoms with Crippen molar-refractivity contribution in [1.29, 1.82) is 0 Å². The molecule has 1 fully saturated rings. The molecular formula is C13H17ClN4O2. The fourth-order valence-electron chi connectivity index (χ4n) is 2.53. The molecule has 7 heteroatoms. The summed E-state index contributed by atoms with van der Waals surface area (Å²) in [5, 5.41) is 16.1. The molecule has 1 aliphatic rings. The van der Waals surface area contributed by atoms with Gasteiger partial charge < -0.3 is 10.4 Å². The summed E-state index contributed by atoms with van der Waals surface area (Å²) in [6, 6.07) is 7.11. The normalized spacial score (nSPS) is 18.7. The van der Waals surface area contributed by atoms with Crippen molar-refractivity contribution >= 4 is 24.1 Å². The fourth-order valence-corrected chi connectivity index (χ4v) is 2.53. The Kier molecular flexibility index (Phi) is 6.31. The summed E-state index contributed by atoms with van der Waals surface area (Å²) < 4.78 is 0. The second-order valence-corrected chi connectivity index (χ2v) is 4.76. The topological polar surface area (TPSA) is 98.1 Å². The number of halogens is 1. The van der Waals surface area contributed by atoms with Gasteiger partial charge in [0.25, 0.3) is 0 Å². The van der Waals surface area contributed by atoms with E-state index in [-0.39, 0.29) is 18.3 Å². The Labute approximate surface area is 123 Å². The lowest BCUT2D eigenvalue weighted by Crippen LogP contribution is -2.27. The lowest BCUT2D eigenvalue weighted by Gasteiger charge is -2.18. The SMILES string of the molecule is Cl.[N-]=[N+]=Nc1cccc(C[C@H](C(=O)O)[C@H]2CCNC2)c1. The summed E-state index contributed by atoms with van der Waals surface area (Å²) in [6.45, 7) is 1.64. The Morgan fingerprint density at radius 3 is 3.00 bits per heavy atom. The highest BCUT2D eigenvalue weighted by atomic mass is 35.5. The van der Waals surface area contributed by atoms with Gasteiger partial charge in [0.2, 0.25) is 0 Å². The van der Waals surface area contributed by atoms with Gasteiger partial charge in [0.15, 0.2) is 0 Å². The first kappa shape index (κ1) is 16.3. The molecule has 0 spiro atoms. The van der Waals surface area contributed by atoms with Gasteiger partial charge in [-0.15, -0.1) is 12.4 Å². The average Bonchev–Trinajstić information content (AvgIpc) is 2.90. The van der Waals surface area contributed by atoms with Crippen LogP contribution >= 0.6 is 12.4 Å². The monoisotopic (exact) mass is 296 g/mol. The number of carboxylic acid groups (broad SMARTS) is 1. The summed E-state index contributed by atoms with van der Waals surface area (Å²) in [7, 11) is 0. The number of rotatable bonds is 5. The number of benzene rings is 1. The Balaban J connectivity index is 0.00000200. The van der Waals surface area contributed by atoms with Gasteiger partial charge in [0.05, 0.1) is 5.92 Å². The summed E-state index contributed by atoms with van der Waals surface area (Å²) in [6.07, 6.45) is 1.36. The number of nitrogens with zero attached hydrogens (tertiary/aromatic N) is 3. The number of nitrogens with one attached hydrogen (secondary N) is 1. The smallest absolute Gasteiger partial charge is 0.307 e. The molecule has 0 aromatic heterocycles. The average molecular weight is 297 g/mol. The van der Waals surface area contributed by atoms with E-state index in [9.17, 15) is 9.90 Å². The number of hydrogen-bond donors (Lipinski definition) is 2. The van der Waals surface area contributed by atoms with Gasteiger partial charge in [0, 0.05) is 10.6 Å². The van der Waals surface area contributed by atoms with Crippen LogP contribution in [-0.2, 0) is 11.2 Å². The predicted octanol–water partition coefficient (Wildman–Crippen LogP) is 2.90. The third-order valence-corrected chi connectivity index (χ3v) is 3.51. The van der Waals surface area contributed by atoms with Crippen molar-refractivity contribution in [3.8, 4) is 0 Å². The van der Waals surface area contributed by atoms with Crippen LogP contribution in [0, 0.1) is 11.8 Å². The van der Waals surface area contributed by atoms with E-state index in [1.165, 1.54) is 0 Å². The second-order valence-electron chi connectivity index (χ2n) is 4.76. The molecule has 0 saturated carbocycles. The highest BCUT2D eigenvalue weighted by Crippen LogP contribution is 2.25. The van der Waals surface area contributed by atoms with Gasteiger partial charge >= 0.3 is 5.97 Å². The summed E-state index contributed by atoms with van der Waals surface area (Å²) in [4.78, 5) is 14.1. The molecule has 1 saturated heterocycles. The van der Waals surface area contributed by atoms with Gasteiger partial charge in [-0.2, -0.15) is 0 Å². The summed E-state index contributed by atoms with van der Waals surface area (Å²) in [5.74, 6) is -0.986. The van der Waals surface area contributed by atoms with Crippen LogP contribution in [0.3, 0.4) is 0 Å². The molecule has 0 radical (unpaired) electrons. The molecule has 2 N–H and O–H groups in total. The van der Waals surface area contributed by atoms with Gasteiger partial charge in [-0.25, -0.2) is 0 Å². The zero-order valence-corrected chi connectivity index (χ0v) is 11.7. The van der Waals surface area contributed by atoms with Gasteiger partial charge in [-0.3, -0.25) is 4.79 Å². The van der Waals surface area contributed by atoms with Gasteiger partial charge in [-0.1, -0.05) is 23.3 Å². The maximum absolute atomic E-state index is 11.4. The molecule has 2 rings (SSSR count). The van der Waals surface area contributed by atoms with E-state index in [4.69, 9.17) is 5.53 Å². The standard InChI is InChI=1S/C13H16N4O2.ClH/c14-17-16-11-3-1-2-9(6-11)7-12(13(18)19)10-4-5-15-8-10;/h1-3,6,10,12,15H,4-5,7-8H2,(H,18,19);1H/t10-,12-;/m0./s1. The van der Waals surface area contributed by atoms with Crippen molar-refractivity contribution < 1.29 is 9.90 Å². The van der Waals surface area contributed by atoms with Crippen LogP contribution in [-0.4, -0.2) is 24.2 Å². The minimum absolute atomic E-state index is 0. The summed E-state index contributed by atoms with van der Waals surface area (Å²) >= 11 is 0. The molecule has 0 aliphatic carbocycles. The molecule has 1 heterocycles. The molecule has 108 valence electrons. The van der Waals surface area contributed by atoms with Crippen molar-refractivity contribution in [2.45, 2.75) is 12.8 Å². The first-order valence-corrected chi connectivity index (χ1v) is 6.28. The Morgan fingerprint density at radius 1 is 1.60 bits per heavy atom. The Hall–Kier alpha value is -1.75. The van der Waals surface area contributed by atoms with Gasteiger partial charge in [-0.05, 0) is 49.0 Å². The van der Waals surface area contributed by atoms with Crippen molar-refractivity contribution in [3.63, 3.8) is 0 Å². The largest absolute Gasteiger partial charge is 0.481 e. The first-order chi connectivity index (χ1) is 9.20. The first-order valence-electron chi connectivity index (χ1n) is 6.28. The molecule has 0 amide bonds. The van der Waals surface area contributed by atoms with Crippen LogP contribution in [0.4, 0.5) is 5.69 Å². The van der Waals surface area contributed by atoms with Gasteiger partial charge in [0.1, 0.15) is 0 Å². The predicted molar refractivity (Wildman–Crippen MR) is 78.3 cm³/mol. The fraction of sp³-hybridized carbons (Fsp3) is 0.462. The van der Waals surface area contributed by atoms with Crippen LogP contribution in [0.15, 0.2) is 29.4 Å². The van der Waals surface area contributed by atoms with Crippen LogP contribution in [0.25, 0.3) is 10.4 Å². The third kappa shape index (κ3) is 4.13. The van der Waals surface area contributed by atoms with E-state index in [1.54, 1.807) is 18.2 Å². The third-order valence-electron chi connectivity index (χ3n) is 3.51. The maximum Gasteiger partial charge on any atom is 0.307 e. The minimum atomic E-state index is -0.761. The molecule has 6 nitrogen and oxygen atoms in total. The quantitative estimate of drug-likeness (QED) is 0.496. The number of carbonyl (C=O) groups is 1. The number of azide groups is 1. The van der Waals surface area contributed by atoms with E-state index in [2.05, 4.69) is 15.3 Å². The number of carboxylic acids is 1. The van der Waals surface area contributed by atoms with E-state index in [0.29, 0.717) is 12.1 Å². The second kappa shape index (κ2) is 7.75. The zero-order chi connectivity index (χ0) is 13.7. The van der Waals surface area contributed by atoms with E-state index >= 15 is 0 Å². The molecule has 1 aromatic rings. The molecular weight excluding hydrogens is 280 g/mol. The van der Waals surface area contributed by atoms with Crippen LogP contribution in [0.5, 0.6) is 0 Å². The Morgan fingerprint density at radius 2 is 2.40 bits per heavy atom. The van der Waals surface area contributed by atoms with Crippen molar-refractivity contribution in [3.05, 3.63) is 40.3 Å². The van der Waals surface area contributed by atoms with Crippen molar-refractivity contribution in [2.75, 3.05) is 13.1 Å². The van der Waals surface area contributed by atoms with Crippen LogP contribution in [0.1, 0.15) is 12.0 Å². The minimum Gasteiger partial charge on any atom is -0.481 e. The van der Waals surface area contributed by atoms with E-state index in [1.807, 2.05) is 6.07 Å². The van der Waals surface area contributed by atoms with Crippen LogP contribution < -0.4 is 5.32 Å². The Bertz CT molecular complexity index is 511. The van der Waals surface area contributed by atoms with Crippen molar-refractivity contribution in [1.82, 2.24) is 5.32 Å².